The lowest BCUT2D eigenvalue weighted by atomic mass is 10.1. The fourth-order valence-corrected chi connectivity index (χ4v) is 3.35. The molecule has 1 aliphatic heterocycles. The lowest BCUT2D eigenvalue weighted by Crippen LogP contribution is -2.54. The quantitative estimate of drug-likeness (QED) is 0.409. The maximum atomic E-state index is 12.9. The van der Waals surface area contributed by atoms with Crippen molar-refractivity contribution in [2.45, 2.75) is 0 Å². The number of nitrogens with one attached hydrogen (secondary N) is 1. The van der Waals surface area contributed by atoms with Crippen molar-refractivity contribution in [3.8, 4) is 11.5 Å². The van der Waals surface area contributed by atoms with Crippen LogP contribution in [0.15, 0.2) is 46.4 Å². The van der Waals surface area contributed by atoms with Crippen LogP contribution in [0.4, 0.5) is 5.69 Å². The van der Waals surface area contributed by atoms with Crippen LogP contribution in [0.1, 0.15) is 5.56 Å². The van der Waals surface area contributed by atoms with E-state index in [0.29, 0.717) is 20.7 Å². The summed E-state index contributed by atoms with van der Waals surface area (Å²) in [6.45, 7) is 0. The maximum Gasteiger partial charge on any atom is 0.270 e. The number of carbonyl (C=O) groups excluding carboxylic acids is 2. The molecule has 0 saturated carbocycles. The number of ether oxygens (including phenoxy) is 1. The standard InChI is InChI=1S/C18H12BrClN2O4S/c1-26-14-8-9(7-13(19)15(14)23)6-12-16(24)21-18(27)22(17(12)25)11-4-2-10(20)3-5-11/h2-8,23H,1H3,(H,21,24,27). The first-order valence-corrected chi connectivity index (χ1v) is 9.13. The number of anilines is 1. The van der Waals surface area contributed by atoms with Crippen LogP contribution < -0.4 is 15.0 Å². The zero-order chi connectivity index (χ0) is 19.7. The highest BCUT2D eigenvalue weighted by molar-refractivity contribution is 9.10. The Labute approximate surface area is 173 Å². The SMILES string of the molecule is COc1cc(C=C2C(=O)NC(=S)N(c3ccc(Cl)cc3)C2=O)cc(Br)c1O. The van der Waals surface area contributed by atoms with Crippen molar-refractivity contribution in [3.63, 3.8) is 0 Å². The van der Waals surface area contributed by atoms with Crippen LogP contribution in [-0.4, -0.2) is 29.1 Å². The van der Waals surface area contributed by atoms with Crippen molar-refractivity contribution in [3.05, 3.63) is 57.0 Å². The lowest BCUT2D eigenvalue weighted by molar-refractivity contribution is -0.122. The first-order valence-electron chi connectivity index (χ1n) is 7.55. The molecule has 9 heteroatoms. The molecular weight excluding hydrogens is 456 g/mol. The second kappa shape index (κ2) is 7.67. The van der Waals surface area contributed by atoms with Crippen LogP contribution in [0.5, 0.6) is 11.5 Å². The molecule has 0 radical (unpaired) electrons. The van der Waals surface area contributed by atoms with Gasteiger partial charge < -0.3 is 9.84 Å². The number of hydrogen-bond acceptors (Lipinski definition) is 5. The predicted octanol–water partition coefficient (Wildman–Crippen LogP) is 3.65. The van der Waals surface area contributed by atoms with Gasteiger partial charge in [-0.2, -0.15) is 0 Å². The van der Waals surface area contributed by atoms with Gasteiger partial charge in [0.25, 0.3) is 11.8 Å². The Hall–Kier alpha value is -2.42. The Morgan fingerprint density at radius 3 is 2.56 bits per heavy atom. The normalized spacial score (nSPS) is 15.9. The number of methoxy groups -OCH3 is 1. The van der Waals surface area contributed by atoms with Gasteiger partial charge in [-0.25, -0.2) is 0 Å². The van der Waals surface area contributed by atoms with Crippen LogP contribution >= 0.6 is 39.7 Å². The van der Waals surface area contributed by atoms with Crippen LogP contribution in [-0.2, 0) is 9.59 Å². The highest BCUT2D eigenvalue weighted by atomic mass is 79.9. The molecule has 1 aliphatic rings. The molecule has 3 rings (SSSR count). The molecule has 138 valence electrons. The number of phenols is 1. The third kappa shape index (κ3) is 3.83. The Kier molecular flexibility index (Phi) is 5.50. The summed E-state index contributed by atoms with van der Waals surface area (Å²) in [5, 5.41) is 12.9. The number of nitrogens with zero attached hydrogens (tertiary/aromatic N) is 1. The van der Waals surface area contributed by atoms with Gasteiger partial charge in [0.2, 0.25) is 0 Å². The van der Waals surface area contributed by atoms with Gasteiger partial charge in [-0.05, 0) is 76.2 Å². The van der Waals surface area contributed by atoms with E-state index in [9.17, 15) is 14.7 Å². The fourth-order valence-electron chi connectivity index (χ4n) is 2.48. The Morgan fingerprint density at radius 2 is 1.93 bits per heavy atom. The van der Waals surface area contributed by atoms with Crippen molar-refractivity contribution < 1.29 is 19.4 Å². The molecule has 1 heterocycles. The van der Waals surface area contributed by atoms with Crippen molar-refractivity contribution in [1.82, 2.24) is 5.32 Å². The van der Waals surface area contributed by atoms with Gasteiger partial charge >= 0.3 is 0 Å². The van der Waals surface area contributed by atoms with E-state index in [-0.39, 0.29) is 22.2 Å². The van der Waals surface area contributed by atoms with E-state index in [2.05, 4.69) is 21.2 Å². The average molecular weight is 468 g/mol. The number of rotatable bonds is 3. The van der Waals surface area contributed by atoms with E-state index in [1.807, 2.05) is 0 Å². The summed E-state index contributed by atoms with van der Waals surface area (Å²) in [6.07, 6.45) is 1.40. The van der Waals surface area contributed by atoms with Crippen molar-refractivity contribution in [2.75, 3.05) is 12.0 Å². The monoisotopic (exact) mass is 466 g/mol. The molecular formula is C18H12BrClN2O4S. The fraction of sp³-hybridized carbons (Fsp3) is 0.0556. The molecule has 2 N–H and O–H groups in total. The summed E-state index contributed by atoms with van der Waals surface area (Å²) < 4.78 is 5.45. The molecule has 0 aromatic heterocycles. The summed E-state index contributed by atoms with van der Waals surface area (Å²) in [6, 6.07) is 9.56. The molecule has 0 spiro atoms. The minimum atomic E-state index is -0.613. The third-order valence-electron chi connectivity index (χ3n) is 3.77. The molecule has 2 amide bonds. The summed E-state index contributed by atoms with van der Waals surface area (Å²) in [4.78, 5) is 26.5. The van der Waals surface area contributed by atoms with Gasteiger partial charge in [-0.15, -0.1) is 0 Å². The van der Waals surface area contributed by atoms with Crippen LogP contribution in [0, 0.1) is 0 Å². The first kappa shape index (κ1) is 19.3. The molecule has 0 bridgehead atoms. The van der Waals surface area contributed by atoms with E-state index in [1.165, 1.54) is 24.2 Å². The Bertz CT molecular complexity index is 992. The molecule has 0 unspecified atom stereocenters. The number of phenolic OH excluding ortho intramolecular Hbond substituents is 1. The topological polar surface area (TPSA) is 78.9 Å². The zero-order valence-corrected chi connectivity index (χ0v) is 17.0. The highest BCUT2D eigenvalue weighted by Gasteiger charge is 2.34. The van der Waals surface area contributed by atoms with Crippen LogP contribution in [0.25, 0.3) is 6.08 Å². The van der Waals surface area contributed by atoms with Gasteiger partial charge in [0.1, 0.15) is 5.57 Å². The van der Waals surface area contributed by atoms with Crippen molar-refractivity contribution >= 4 is 68.4 Å². The molecule has 1 fully saturated rings. The van der Waals surface area contributed by atoms with Crippen molar-refractivity contribution in [2.24, 2.45) is 0 Å². The minimum absolute atomic E-state index is 0.0195. The van der Waals surface area contributed by atoms with E-state index in [4.69, 9.17) is 28.6 Å². The van der Waals surface area contributed by atoms with Crippen LogP contribution in [0.3, 0.4) is 0 Å². The van der Waals surface area contributed by atoms with Gasteiger partial charge in [-0.1, -0.05) is 11.6 Å². The summed E-state index contributed by atoms with van der Waals surface area (Å²) in [5.41, 5.74) is 0.849. The molecule has 27 heavy (non-hydrogen) atoms. The van der Waals surface area contributed by atoms with E-state index < -0.39 is 11.8 Å². The maximum absolute atomic E-state index is 12.9. The van der Waals surface area contributed by atoms with Gasteiger partial charge in [0.15, 0.2) is 16.6 Å². The van der Waals surface area contributed by atoms with Crippen molar-refractivity contribution in [1.29, 1.82) is 0 Å². The van der Waals surface area contributed by atoms with E-state index in [0.717, 1.165) is 0 Å². The van der Waals surface area contributed by atoms with Gasteiger partial charge in [0.05, 0.1) is 17.3 Å². The number of carbonyl (C=O) groups is 2. The molecule has 1 saturated heterocycles. The number of benzene rings is 2. The molecule has 2 aromatic rings. The number of halogens is 2. The Morgan fingerprint density at radius 1 is 1.26 bits per heavy atom. The molecule has 0 aliphatic carbocycles. The Balaban J connectivity index is 2.04. The molecule has 6 nitrogen and oxygen atoms in total. The smallest absolute Gasteiger partial charge is 0.270 e. The number of aromatic hydroxyl groups is 1. The third-order valence-corrected chi connectivity index (χ3v) is 4.91. The van der Waals surface area contributed by atoms with E-state index >= 15 is 0 Å². The average Bonchev–Trinajstić information content (AvgIpc) is 2.62. The predicted molar refractivity (Wildman–Crippen MR) is 110 cm³/mol. The highest BCUT2D eigenvalue weighted by Crippen LogP contribution is 2.36. The minimum Gasteiger partial charge on any atom is -0.503 e. The number of hydrogen-bond donors (Lipinski definition) is 2. The lowest BCUT2D eigenvalue weighted by Gasteiger charge is -2.29. The number of thiocarbonyl (C=S) groups is 1. The largest absolute Gasteiger partial charge is 0.503 e. The summed E-state index contributed by atoms with van der Waals surface area (Å²) in [7, 11) is 1.40. The van der Waals surface area contributed by atoms with E-state index in [1.54, 1.807) is 30.3 Å². The number of amides is 2. The van der Waals surface area contributed by atoms with Gasteiger partial charge in [0, 0.05) is 5.02 Å². The molecule has 2 aromatic carbocycles. The summed E-state index contributed by atoms with van der Waals surface area (Å²) in [5.74, 6) is -1.07. The second-order valence-electron chi connectivity index (χ2n) is 5.49. The second-order valence-corrected chi connectivity index (χ2v) is 7.17. The van der Waals surface area contributed by atoms with Crippen LogP contribution in [0.2, 0.25) is 5.02 Å². The summed E-state index contributed by atoms with van der Waals surface area (Å²) >= 11 is 14.2. The first-order chi connectivity index (χ1) is 12.8. The van der Waals surface area contributed by atoms with Gasteiger partial charge in [-0.3, -0.25) is 19.8 Å². The zero-order valence-electron chi connectivity index (χ0n) is 13.8. The molecule has 0 atom stereocenters.